The Bertz CT molecular complexity index is 941. The number of aromatic hydroxyl groups is 1. The minimum Gasteiger partial charge on any atom is -0.504 e. The molecule has 0 saturated heterocycles. The minimum absolute atomic E-state index is 0.0375. The van der Waals surface area contributed by atoms with Crippen LogP contribution < -0.4 is 14.8 Å². The number of nitrogens with zero attached hydrogens (tertiary/aromatic N) is 2. The number of fused-ring (bicyclic) bond motifs is 4. The summed E-state index contributed by atoms with van der Waals surface area (Å²) < 4.78 is 12.1. The van der Waals surface area contributed by atoms with Crippen molar-refractivity contribution in [1.29, 1.82) is 0 Å². The van der Waals surface area contributed by atoms with Crippen LogP contribution >= 0.6 is 0 Å². The third kappa shape index (κ3) is 2.81. The van der Waals surface area contributed by atoms with Crippen LogP contribution in [0.5, 0.6) is 28.7 Å². The lowest BCUT2D eigenvalue weighted by atomic mass is 10.1. The van der Waals surface area contributed by atoms with Gasteiger partial charge in [0.05, 0.1) is 5.52 Å². The van der Waals surface area contributed by atoms with Crippen LogP contribution in [0.3, 0.4) is 0 Å². The lowest BCUT2D eigenvalue weighted by Gasteiger charge is -2.24. The number of hydrogen-bond acceptors (Lipinski definition) is 6. The van der Waals surface area contributed by atoms with E-state index in [-0.39, 0.29) is 5.75 Å². The SMILES string of the molecule is CN(C)CCNc1nc2ccccc2c2c1Oc1c(O)cccc1O2. The van der Waals surface area contributed by atoms with E-state index in [4.69, 9.17) is 9.47 Å². The average molecular weight is 337 g/mol. The molecule has 2 heterocycles. The number of benzene rings is 2. The molecule has 6 heteroatoms. The van der Waals surface area contributed by atoms with Crippen molar-refractivity contribution in [1.82, 2.24) is 9.88 Å². The van der Waals surface area contributed by atoms with Crippen LogP contribution in [0.15, 0.2) is 42.5 Å². The number of nitrogens with one attached hydrogen (secondary N) is 1. The average Bonchev–Trinajstić information content (AvgIpc) is 2.60. The van der Waals surface area contributed by atoms with Crippen LogP contribution in [0.1, 0.15) is 0 Å². The molecule has 0 aliphatic carbocycles. The van der Waals surface area contributed by atoms with Gasteiger partial charge in [0.2, 0.25) is 11.5 Å². The van der Waals surface area contributed by atoms with Crippen molar-refractivity contribution in [3.8, 4) is 28.7 Å². The second-order valence-electron chi connectivity index (χ2n) is 6.17. The van der Waals surface area contributed by atoms with Crippen LogP contribution in [-0.4, -0.2) is 42.2 Å². The van der Waals surface area contributed by atoms with Crippen molar-refractivity contribution >= 4 is 16.7 Å². The van der Waals surface area contributed by atoms with Crippen molar-refractivity contribution in [3.05, 3.63) is 42.5 Å². The van der Waals surface area contributed by atoms with Crippen molar-refractivity contribution in [2.24, 2.45) is 0 Å². The van der Waals surface area contributed by atoms with Gasteiger partial charge in [-0.25, -0.2) is 4.98 Å². The smallest absolute Gasteiger partial charge is 0.213 e. The summed E-state index contributed by atoms with van der Waals surface area (Å²) in [4.78, 5) is 6.75. The van der Waals surface area contributed by atoms with Crippen molar-refractivity contribution in [2.45, 2.75) is 0 Å². The highest BCUT2D eigenvalue weighted by molar-refractivity contribution is 5.92. The van der Waals surface area contributed by atoms with Crippen molar-refractivity contribution in [2.75, 3.05) is 32.5 Å². The second-order valence-corrected chi connectivity index (χ2v) is 6.17. The van der Waals surface area contributed by atoms with Crippen molar-refractivity contribution in [3.63, 3.8) is 0 Å². The zero-order chi connectivity index (χ0) is 17.4. The molecule has 2 aromatic carbocycles. The van der Waals surface area contributed by atoms with E-state index in [1.54, 1.807) is 18.2 Å². The second kappa shape index (κ2) is 6.14. The summed E-state index contributed by atoms with van der Waals surface area (Å²) in [6, 6.07) is 12.8. The Balaban J connectivity index is 1.82. The van der Waals surface area contributed by atoms with Gasteiger partial charge in [0.25, 0.3) is 0 Å². The fraction of sp³-hybridized carbons (Fsp3) is 0.211. The summed E-state index contributed by atoms with van der Waals surface area (Å²) in [5.41, 5.74) is 0.820. The Morgan fingerprint density at radius 2 is 1.84 bits per heavy atom. The molecule has 0 unspecified atom stereocenters. The van der Waals surface area contributed by atoms with E-state index in [1.807, 2.05) is 38.4 Å². The molecule has 1 aliphatic heterocycles. The Morgan fingerprint density at radius 1 is 1.00 bits per heavy atom. The van der Waals surface area contributed by atoms with Crippen molar-refractivity contribution < 1.29 is 14.6 Å². The number of hydrogen-bond donors (Lipinski definition) is 2. The number of phenols is 1. The van der Waals surface area contributed by atoms with Gasteiger partial charge in [-0.2, -0.15) is 0 Å². The van der Waals surface area contributed by atoms with Gasteiger partial charge in [0, 0.05) is 18.5 Å². The maximum atomic E-state index is 10.1. The monoisotopic (exact) mass is 337 g/mol. The lowest BCUT2D eigenvalue weighted by Crippen LogP contribution is -2.21. The van der Waals surface area contributed by atoms with Gasteiger partial charge in [0.15, 0.2) is 23.1 Å². The van der Waals surface area contributed by atoms with Crippen LogP contribution in [-0.2, 0) is 0 Å². The number of aromatic nitrogens is 1. The van der Waals surface area contributed by atoms with E-state index in [2.05, 4.69) is 15.2 Å². The Labute approximate surface area is 145 Å². The van der Waals surface area contributed by atoms with Gasteiger partial charge in [-0.1, -0.05) is 18.2 Å². The van der Waals surface area contributed by atoms with Crippen LogP contribution in [0.4, 0.5) is 5.82 Å². The highest BCUT2D eigenvalue weighted by Crippen LogP contribution is 2.53. The van der Waals surface area contributed by atoms with Gasteiger partial charge < -0.3 is 24.8 Å². The van der Waals surface area contributed by atoms with Crippen LogP contribution in [0.2, 0.25) is 0 Å². The molecule has 0 saturated carbocycles. The number of para-hydroxylation sites is 2. The third-order valence-corrected chi connectivity index (χ3v) is 4.03. The largest absolute Gasteiger partial charge is 0.504 e. The van der Waals surface area contributed by atoms with E-state index in [1.165, 1.54) is 0 Å². The Kier molecular flexibility index (Phi) is 3.82. The summed E-state index contributed by atoms with van der Waals surface area (Å²) in [6.07, 6.45) is 0. The van der Waals surface area contributed by atoms with Gasteiger partial charge in [-0.3, -0.25) is 0 Å². The molecule has 2 N–H and O–H groups in total. The first kappa shape index (κ1) is 15.5. The number of ether oxygens (including phenoxy) is 2. The van der Waals surface area contributed by atoms with Gasteiger partial charge in [-0.15, -0.1) is 0 Å². The number of phenolic OH excluding ortho intramolecular Hbond substituents is 1. The zero-order valence-electron chi connectivity index (χ0n) is 14.1. The van der Waals surface area contributed by atoms with E-state index >= 15 is 0 Å². The van der Waals surface area contributed by atoms with Crippen LogP contribution in [0.25, 0.3) is 10.9 Å². The molecule has 0 radical (unpaired) electrons. The van der Waals surface area contributed by atoms with E-state index in [9.17, 15) is 5.11 Å². The molecule has 4 rings (SSSR count). The molecule has 0 fully saturated rings. The predicted molar refractivity (Wildman–Crippen MR) is 97.0 cm³/mol. The van der Waals surface area contributed by atoms with Gasteiger partial charge in [0.1, 0.15) is 0 Å². The van der Waals surface area contributed by atoms with Crippen LogP contribution in [0, 0.1) is 0 Å². The zero-order valence-corrected chi connectivity index (χ0v) is 14.1. The minimum atomic E-state index is 0.0375. The molecule has 25 heavy (non-hydrogen) atoms. The predicted octanol–water partition coefficient (Wildman–Crippen LogP) is 3.81. The summed E-state index contributed by atoms with van der Waals surface area (Å²) in [6.45, 7) is 1.56. The van der Waals surface area contributed by atoms with Gasteiger partial charge in [-0.05, 0) is 38.4 Å². The standard InChI is InChI=1S/C19H19N3O3/c1-22(2)11-10-20-19-18-16(12-6-3-4-7-13(12)21-19)24-15-9-5-8-14(23)17(15)25-18/h3-9,23H,10-11H2,1-2H3,(H,20,21). The molecule has 128 valence electrons. The van der Waals surface area contributed by atoms with E-state index in [0.717, 1.165) is 17.4 Å². The van der Waals surface area contributed by atoms with E-state index in [0.29, 0.717) is 35.4 Å². The summed E-state index contributed by atoms with van der Waals surface area (Å²) >= 11 is 0. The molecule has 6 nitrogen and oxygen atoms in total. The maximum absolute atomic E-state index is 10.1. The molecular formula is C19H19N3O3. The lowest BCUT2D eigenvalue weighted by molar-refractivity contribution is 0.340. The fourth-order valence-electron chi connectivity index (χ4n) is 2.78. The number of anilines is 1. The summed E-state index contributed by atoms with van der Waals surface area (Å²) in [5, 5.41) is 14.3. The Morgan fingerprint density at radius 3 is 2.68 bits per heavy atom. The van der Waals surface area contributed by atoms with E-state index < -0.39 is 0 Å². The molecule has 0 spiro atoms. The first-order valence-corrected chi connectivity index (χ1v) is 8.12. The number of rotatable bonds is 4. The topological polar surface area (TPSA) is 66.9 Å². The highest BCUT2D eigenvalue weighted by atomic mass is 16.6. The van der Waals surface area contributed by atoms with Gasteiger partial charge >= 0.3 is 0 Å². The molecular weight excluding hydrogens is 318 g/mol. The molecule has 1 aromatic heterocycles. The molecule has 0 amide bonds. The Hall–Kier alpha value is -2.99. The highest BCUT2D eigenvalue weighted by Gasteiger charge is 2.27. The summed E-state index contributed by atoms with van der Waals surface area (Å²) in [5.74, 6) is 2.54. The maximum Gasteiger partial charge on any atom is 0.213 e. The normalized spacial score (nSPS) is 12.3. The molecule has 0 atom stereocenters. The molecule has 0 bridgehead atoms. The molecule has 3 aromatic rings. The fourth-order valence-corrected chi connectivity index (χ4v) is 2.78. The first-order chi connectivity index (χ1) is 12.1. The number of likely N-dealkylation sites (N-methyl/N-ethyl adjacent to an activating group) is 1. The number of pyridine rings is 1. The molecule has 1 aliphatic rings. The third-order valence-electron chi connectivity index (χ3n) is 4.03. The quantitative estimate of drug-likeness (QED) is 0.590. The first-order valence-electron chi connectivity index (χ1n) is 8.12. The summed E-state index contributed by atoms with van der Waals surface area (Å²) in [7, 11) is 4.03.